The van der Waals surface area contributed by atoms with E-state index in [4.69, 9.17) is 0 Å². The van der Waals surface area contributed by atoms with E-state index in [1.54, 1.807) is 12.4 Å². The quantitative estimate of drug-likeness (QED) is 0.539. The molecule has 29 heavy (non-hydrogen) atoms. The Balaban J connectivity index is 1.42. The number of hydrogen-bond donors (Lipinski definition) is 0. The van der Waals surface area contributed by atoms with Crippen molar-refractivity contribution in [2.45, 2.75) is 13.0 Å². The van der Waals surface area contributed by atoms with E-state index in [9.17, 15) is 0 Å². The minimum Gasteiger partial charge on any atom is -0.284 e. The van der Waals surface area contributed by atoms with Crippen molar-refractivity contribution in [3.8, 4) is 11.1 Å². The molecule has 0 saturated carbocycles. The Morgan fingerprint density at radius 3 is 2.03 bits per heavy atom. The van der Waals surface area contributed by atoms with E-state index in [2.05, 4.69) is 75.4 Å². The molecular weight excluding hydrogens is 356 g/mol. The van der Waals surface area contributed by atoms with Gasteiger partial charge in [-0.3, -0.25) is 20.0 Å². The first kappa shape index (κ1) is 18.7. The predicted octanol–water partition coefficient (Wildman–Crippen LogP) is 5.52. The summed E-state index contributed by atoms with van der Waals surface area (Å²) in [5.74, 6) is 0.330. The molecule has 1 aliphatic heterocycles. The van der Waals surface area contributed by atoms with Crippen LogP contribution in [0.2, 0.25) is 0 Å². The van der Waals surface area contributed by atoms with Crippen LogP contribution in [0.4, 0.5) is 5.69 Å². The van der Waals surface area contributed by atoms with E-state index in [-0.39, 0.29) is 6.04 Å². The summed E-state index contributed by atoms with van der Waals surface area (Å²) in [6, 6.07) is 20.8. The number of benzene rings is 2. The van der Waals surface area contributed by atoms with Crippen LogP contribution >= 0.6 is 0 Å². The van der Waals surface area contributed by atoms with Gasteiger partial charge in [0.15, 0.2) is 0 Å². The maximum absolute atomic E-state index is 4.67. The Morgan fingerprint density at radius 1 is 0.793 bits per heavy atom. The first-order valence-electron chi connectivity index (χ1n) is 9.66. The third-order valence-corrected chi connectivity index (χ3v) is 4.81. The van der Waals surface area contributed by atoms with Gasteiger partial charge in [0, 0.05) is 43.2 Å². The molecule has 0 N–H and O–H groups in total. The van der Waals surface area contributed by atoms with Crippen LogP contribution in [-0.2, 0) is 0 Å². The van der Waals surface area contributed by atoms with Gasteiger partial charge in [0.2, 0.25) is 0 Å². The van der Waals surface area contributed by atoms with Gasteiger partial charge in [-0.1, -0.05) is 55.5 Å². The van der Waals surface area contributed by atoms with Crippen molar-refractivity contribution in [2.24, 2.45) is 20.9 Å². The molecule has 1 aliphatic rings. The van der Waals surface area contributed by atoms with Crippen LogP contribution in [0.25, 0.3) is 11.1 Å². The van der Waals surface area contributed by atoms with E-state index >= 15 is 0 Å². The lowest BCUT2D eigenvalue weighted by Crippen LogP contribution is -2.16. The van der Waals surface area contributed by atoms with Gasteiger partial charge in [-0.25, -0.2) is 0 Å². The van der Waals surface area contributed by atoms with Crippen molar-refractivity contribution in [2.75, 3.05) is 0 Å². The largest absolute Gasteiger partial charge is 0.284 e. The van der Waals surface area contributed by atoms with Gasteiger partial charge in [-0.2, -0.15) is 0 Å². The molecule has 0 fully saturated rings. The molecule has 0 bridgehead atoms. The summed E-state index contributed by atoms with van der Waals surface area (Å²) in [6.45, 7) is 2.13. The van der Waals surface area contributed by atoms with Crippen molar-refractivity contribution in [3.05, 3.63) is 96.5 Å². The fraction of sp³-hybridized carbons (Fsp3) is 0.120. The molecule has 4 rings (SSSR count). The number of rotatable bonds is 5. The highest BCUT2D eigenvalue weighted by atomic mass is 14.8. The molecule has 1 aromatic heterocycles. The lowest BCUT2D eigenvalue weighted by molar-refractivity contribution is 0.673. The van der Waals surface area contributed by atoms with Crippen LogP contribution in [-0.4, -0.2) is 29.7 Å². The molecule has 2 atom stereocenters. The van der Waals surface area contributed by atoms with Gasteiger partial charge < -0.3 is 0 Å². The van der Waals surface area contributed by atoms with Gasteiger partial charge in [-0.15, -0.1) is 0 Å². The molecule has 2 aromatic carbocycles. The maximum Gasteiger partial charge on any atom is 0.0772 e. The highest BCUT2D eigenvalue weighted by Gasteiger charge is 2.12. The summed E-state index contributed by atoms with van der Waals surface area (Å²) in [4.78, 5) is 17.3. The topological polar surface area (TPSA) is 50.0 Å². The van der Waals surface area contributed by atoms with Crippen LogP contribution in [0.1, 0.15) is 18.1 Å². The van der Waals surface area contributed by atoms with Gasteiger partial charge >= 0.3 is 0 Å². The zero-order valence-electron chi connectivity index (χ0n) is 16.3. The highest BCUT2D eigenvalue weighted by molar-refractivity contribution is 5.84. The molecule has 3 aromatic rings. The van der Waals surface area contributed by atoms with Crippen LogP contribution in [0.5, 0.6) is 0 Å². The standard InChI is InChI=1S/C25H22N4/c1-19-16-27-15-12-25(19)29-18-21-4-8-23(9-5-21)22-6-2-20(3-7-22)17-28-24-10-13-26-14-11-24/h2-19,25H,1H3/b28-17+,29-18+. The Morgan fingerprint density at radius 2 is 1.41 bits per heavy atom. The summed E-state index contributed by atoms with van der Waals surface area (Å²) in [5, 5.41) is 0. The molecule has 4 heteroatoms. The number of aliphatic imine (C=N–C) groups is 3. The Hall–Kier alpha value is -3.66. The first-order chi connectivity index (χ1) is 14.3. The van der Waals surface area contributed by atoms with E-state index in [0.717, 1.165) is 16.8 Å². The molecule has 2 heterocycles. The molecule has 0 aliphatic carbocycles. The maximum atomic E-state index is 4.67. The SMILES string of the molecule is CC1C=NC=CC1/N=C/c1ccc(-c2ccc(/C=N/c3ccncc3)cc2)cc1. The number of pyridine rings is 1. The van der Waals surface area contributed by atoms with Crippen molar-refractivity contribution in [1.29, 1.82) is 0 Å². The van der Waals surface area contributed by atoms with Gasteiger partial charge in [-0.05, 0) is 40.5 Å². The molecule has 0 spiro atoms. The number of nitrogens with zero attached hydrogens (tertiary/aromatic N) is 4. The third kappa shape index (κ3) is 4.99. The van der Waals surface area contributed by atoms with Crippen molar-refractivity contribution < 1.29 is 0 Å². The Kier molecular flexibility index (Phi) is 5.81. The summed E-state index contributed by atoms with van der Waals surface area (Å²) < 4.78 is 0. The predicted molar refractivity (Wildman–Crippen MR) is 122 cm³/mol. The molecule has 142 valence electrons. The first-order valence-corrected chi connectivity index (χ1v) is 9.66. The van der Waals surface area contributed by atoms with Gasteiger partial charge in [0.05, 0.1) is 11.7 Å². The average molecular weight is 378 g/mol. The van der Waals surface area contributed by atoms with Gasteiger partial charge in [0.1, 0.15) is 0 Å². The zero-order chi connectivity index (χ0) is 19.9. The minimum absolute atomic E-state index is 0.161. The van der Waals surface area contributed by atoms with E-state index < -0.39 is 0 Å². The van der Waals surface area contributed by atoms with E-state index in [1.165, 1.54) is 11.1 Å². The Labute approximate surface area is 171 Å². The van der Waals surface area contributed by atoms with Crippen LogP contribution in [0.3, 0.4) is 0 Å². The smallest absolute Gasteiger partial charge is 0.0772 e. The Bertz CT molecular complexity index is 1050. The summed E-state index contributed by atoms with van der Waals surface area (Å²) in [5.41, 5.74) is 5.41. The lowest BCUT2D eigenvalue weighted by Gasteiger charge is -2.14. The normalized spacial score (nSPS) is 18.7. The number of hydrogen-bond acceptors (Lipinski definition) is 4. The van der Waals surface area contributed by atoms with Gasteiger partial charge in [0.25, 0.3) is 0 Å². The fourth-order valence-corrected chi connectivity index (χ4v) is 3.05. The molecule has 0 radical (unpaired) electrons. The highest BCUT2D eigenvalue weighted by Crippen LogP contribution is 2.20. The van der Waals surface area contributed by atoms with Crippen molar-refractivity contribution in [3.63, 3.8) is 0 Å². The van der Waals surface area contributed by atoms with E-state index in [1.807, 2.05) is 43.1 Å². The second-order valence-electron chi connectivity index (χ2n) is 6.98. The third-order valence-electron chi connectivity index (χ3n) is 4.81. The minimum atomic E-state index is 0.161. The molecule has 0 amide bonds. The van der Waals surface area contributed by atoms with Crippen LogP contribution in [0, 0.1) is 5.92 Å². The van der Waals surface area contributed by atoms with Crippen molar-refractivity contribution >= 4 is 24.3 Å². The molecule has 0 saturated heterocycles. The zero-order valence-corrected chi connectivity index (χ0v) is 16.3. The summed E-state index contributed by atoms with van der Waals surface area (Å²) in [6.07, 6.45) is 13.1. The van der Waals surface area contributed by atoms with Crippen molar-refractivity contribution in [1.82, 2.24) is 4.98 Å². The summed E-state index contributed by atoms with van der Waals surface area (Å²) in [7, 11) is 0. The second-order valence-corrected chi connectivity index (χ2v) is 6.98. The van der Waals surface area contributed by atoms with E-state index in [0.29, 0.717) is 5.92 Å². The lowest BCUT2D eigenvalue weighted by atomic mass is 10.0. The van der Waals surface area contributed by atoms with Crippen LogP contribution in [0.15, 0.2) is 100 Å². The second kappa shape index (κ2) is 9.02. The fourth-order valence-electron chi connectivity index (χ4n) is 3.05. The molecule has 4 nitrogen and oxygen atoms in total. The molecular formula is C25H22N4. The molecule has 2 unspecified atom stereocenters. The monoisotopic (exact) mass is 378 g/mol. The number of aromatic nitrogens is 1. The van der Waals surface area contributed by atoms with Crippen LogP contribution < -0.4 is 0 Å². The average Bonchev–Trinajstić information content (AvgIpc) is 2.79. The summed E-state index contributed by atoms with van der Waals surface area (Å²) >= 11 is 0.